The van der Waals surface area contributed by atoms with Gasteiger partial charge < -0.3 is 4.42 Å². The highest BCUT2D eigenvalue weighted by molar-refractivity contribution is 6.12. The lowest BCUT2D eigenvalue weighted by atomic mass is 9.70. The van der Waals surface area contributed by atoms with Gasteiger partial charge in [-0.1, -0.05) is 206 Å². The van der Waals surface area contributed by atoms with E-state index < -0.39 is 0 Å². The summed E-state index contributed by atoms with van der Waals surface area (Å²) in [6.45, 7) is 0. The number of aromatic nitrogens is 4. The molecule has 4 aliphatic rings. The molecule has 10 aromatic carbocycles. The second-order valence-corrected chi connectivity index (χ2v) is 21.5. The summed E-state index contributed by atoms with van der Waals surface area (Å²) in [7, 11) is 0. The Kier molecular flexibility index (Phi) is 9.29. The SMILES string of the molecule is C1=CC(c2cccc3oc4cc(-c5nc(-c6ccc(CCC7c8ccccc8-c8c7ccc7c8-c8ccccc8C78c7ccccc7-c7ccccc78)cc6)nc(-n6c7ccccc7c7ccccc76)n5)ccc4c23)=CCC1. The van der Waals surface area contributed by atoms with Crippen molar-refractivity contribution in [2.45, 2.75) is 37.0 Å². The minimum Gasteiger partial charge on any atom is -0.456 e. The van der Waals surface area contributed by atoms with E-state index in [1.54, 1.807) is 0 Å². The van der Waals surface area contributed by atoms with Crippen LogP contribution >= 0.6 is 0 Å². The Balaban J connectivity index is 0.749. The zero-order chi connectivity index (χ0) is 51.1. The number of para-hydroxylation sites is 2. The second kappa shape index (κ2) is 16.6. The third-order valence-electron chi connectivity index (χ3n) is 17.6. The molecule has 17 rings (SSSR count). The van der Waals surface area contributed by atoms with E-state index in [2.05, 4.69) is 241 Å². The number of nitrogens with zero attached hydrogens (tertiary/aromatic N) is 4. The first kappa shape index (κ1) is 43.5. The van der Waals surface area contributed by atoms with Gasteiger partial charge in [-0.25, -0.2) is 4.98 Å². The van der Waals surface area contributed by atoms with Crippen molar-refractivity contribution in [1.82, 2.24) is 19.5 Å². The lowest BCUT2D eigenvalue weighted by Crippen LogP contribution is -2.25. The number of benzene rings is 10. The minimum absolute atomic E-state index is 0.254. The van der Waals surface area contributed by atoms with Gasteiger partial charge in [0.25, 0.3) is 0 Å². The zero-order valence-electron chi connectivity index (χ0n) is 42.6. The topological polar surface area (TPSA) is 56.7 Å². The van der Waals surface area contributed by atoms with E-state index in [0.29, 0.717) is 17.6 Å². The van der Waals surface area contributed by atoms with Gasteiger partial charge in [-0.3, -0.25) is 4.57 Å². The first-order chi connectivity index (χ1) is 38.7. The molecule has 3 aromatic heterocycles. The highest BCUT2D eigenvalue weighted by atomic mass is 16.3. The number of rotatable bonds is 7. The van der Waals surface area contributed by atoms with Crippen molar-refractivity contribution in [3.8, 4) is 62.1 Å². The first-order valence-electron chi connectivity index (χ1n) is 27.4. The van der Waals surface area contributed by atoms with Gasteiger partial charge in [0.1, 0.15) is 11.2 Å². The van der Waals surface area contributed by atoms with Crippen LogP contribution in [0.4, 0.5) is 0 Å². The van der Waals surface area contributed by atoms with Gasteiger partial charge in [0.2, 0.25) is 5.95 Å². The summed E-state index contributed by atoms with van der Waals surface area (Å²) in [6.07, 6.45) is 10.8. The molecule has 0 saturated carbocycles. The fourth-order valence-electron chi connectivity index (χ4n) is 14.3. The monoisotopic (exact) mass is 996 g/mol. The quantitative estimate of drug-likeness (QED) is 0.160. The van der Waals surface area contributed by atoms with E-state index in [4.69, 9.17) is 19.4 Å². The van der Waals surface area contributed by atoms with Crippen LogP contribution in [0.1, 0.15) is 69.7 Å². The first-order valence-corrected chi connectivity index (χ1v) is 27.4. The smallest absolute Gasteiger partial charge is 0.238 e. The van der Waals surface area contributed by atoms with Gasteiger partial charge in [-0.2, -0.15) is 9.97 Å². The van der Waals surface area contributed by atoms with Crippen molar-refractivity contribution >= 4 is 49.3 Å². The fourth-order valence-corrected chi connectivity index (χ4v) is 14.3. The van der Waals surface area contributed by atoms with Crippen molar-refractivity contribution in [1.29, 1.82) is 0 Å². The molecule has 4 aliphatic carbocycles. The standard InChI is InChI=1S/C73H48N4O/c1-2-17-45(18-3-1)48-26-16-32-65-67(48)58-40-38-47(43-66(58)78-65)71-74-70(75-72(76-71)77-63-30-14-9-22-53(63)54-23-10-15-31-64(54)77)46-36-33-44(34-37-46)35-39-50-49-19-4-5-24-55(49)68-56(50)41-42-62-69(68)57-25-8-13-29-61(57)73(62)59-27-11-6-20-51(59)52-21-7-12-28-60(52)73/h2,4-34,36-38,40-43,50H,1,3,35,39H2. The molecule has 5 heteroatoms. The van der Waals surface area contributed by atoms with Gasteiger partial charge in [-0.05, 0) is 139 Å². The summed E-state index contributed by atoms with van der Waals surface area (Å²) in [5.41, 5.74) is 25.4. The summed E-state index contributed by atoms with van der Waals surface area (Å²) >= 11 is 0. The fraction of sp³-hybridized carbons (Fsp3) is 0.0822. The van der Waals surface area contributed by atoms with Crippen LogP contribution in [0.5, 0.6) is 0 Å². The maximum Gasteiger partial charge on any atom is 0.238 e. The van der Waals surface area contributed by atoms with Crippen molar-refractivity contribution < 1.29 is 4.42 Å². The normalized spacial score (nSPS) is 15.2. The lowest BCUT2D eigenvalue weighted by molar-refractivity contribution is 0.669. The number of hydrogen-bond donors (Lipinski definition) is 0. The third kappa shape index (κ3) is 6.10. The molecule has 1 atom stereocenters. The number of furan rings is 1. The minimum atomic E-state index is -0.372. The number of aryl methyl sites for hydroxylation is 1. The molecule has 0 amide bonds. The number of fused-ring (bicyclic) bond motifs is 20. The van der Waals surface area contributed by atoms with Crippen molar-refractivity contribution in [3.05, 3.63) is 281 Å². The van der Waals surface area contributed by atoms with E-state index in [1.165, 1.54) is 83.5 Å². The molecular weight excluding hydrogens is 949 g/mol. The summed E-state index contributed by atoms with van der Waals surface area (Å²) in [4.78, 5) is 15.9. The van der Waals surface area contributed by atoms with E-state index in [-0.39, 0.29) is 11.3 Å². The molecule has 0 aliphatic heterocycles. The van der Waals surface area contributed by atoms with Gasteiger partial charge in [0.15, 0.2) is 11.6 Å². The van der Waals surface area contributed by atoms with E-state index in [1.807, 2.05) is 0 Å². The maximum atomic E-state index is 6.64. The molecule has 0 bridgehead atoms. The molecule has 1 unspecified atom stereocenters. The van der Waals surface area contributed by atoms with Crippen LogP contribution in [-0.4, -0.2) is 19.5 Å². The van der Waals surface area contributed by atoms with E-state index in [9.17, 15) is 0 Å². The van der Waals surface area contributed by atoms with Crippen LogP contribution in [-0.2, 0) is 11.8 Å². The zero-order valence-corrected chi connectivity index (χ0v) is 42.6. The molecule has 13 aromatic rings. The van der Waals surface area contributed by atoms with Gasteiger partial charge in [0, 0.05) is 38.6 Å². The molecule has 0 N–H and O–H groups in total. The highest BCUT2D eigenvalue weighted by Gasteiger charge is 2.53. The Labute approximate surface area is 451 Å². The van der Waals surface area contributed by atoms with Crippen molar-refractivity contribution in [3.63, 3.8) is 0 Å². The molecule has 3 heterocycles. The number of hydrogen-bond acceptors (Lipinski definition) is 4. The van der Waals surface area contributed by atoms with Crippen LogP contribution in [0, 0.1) is 0 Å². The van der Waals surface area contributed by atoms with Crippen LogP contribution in [0.25, 0.3) is 111 Å². The molecule has 5 nitrogen and oxygen atoms in total. The molecule has 366 valence electrons. The highest BCUT2D eigenvalue weighted by Crippen LogP contribution is 2.66. The molecule has 78 heavy (non-hydrogen) atoms. The van der Waals surface area contributed by atoms with Crippen molar-refractivity contribution in [2.75, 3.05) is 0 Å². The van der Waals surface area contributed by atoms with Crippen LogP contribution < -0.4 is 0 Å². The predicted molar refractivity (Wildman–Crippen MR) is 317 cm³/mol. The summed E-state index contributed by atoms with van der Waals surface area (Å²) in [5.74, 6) is 2.02. The second-order valence-electron chi connectivity index (χ2n) is 21.5. The molecular formula is C73H48N4O. The number of allylic oxidation sites excluding steroid dienone is 4. The predicted octanol–water partition coefficient (Wildman–Crippen LogP) is 18.0. The van der Waals surface area contributed by atoms with E-state index in [0.717, 1.165) is 80.6 Å². The molecule has 0 saturated heterocycles. The lowest BCUT2D eigenvalue weighted by Gasteiger charge is -2.30. The van der Waals surface area contributed by atoms with E-state index >= 15 is 0 Å². The molecule has 0 radical (unpaired) electrons. The Morgan fingerprint density at radius 2 is 1.09 bits per heavy atom. The van der Waals surface area contributed by atoms with Crippen LogP contribution in [0.15, 0.2) is 241 Å². The average Bonchev–Trinajstić information content (AvgIpc) is 3.00. The van der Waals surface area contributed by atoms with Crippen LogP contribution in [0.2, 0.25) is 0 Å². The maximum absolute atomic E-state index is 6.64. The largest absolute Gasteiger partial charge is 0.456 e. The molecule has 1 spiro atoms. The molecule has 0 fully saturated rings. The van der Waals surface area contributed by atoms with Crippen molar-refractivity contribution in [2.24, 2.45) is 0 Å². The van der Waals surface area contributed by atoms with Gasteiger partial charge >= 0.3 is 0 Å². The Morgan fingerprint density at radius 3 is 1.82 bits per heavy atom. The van der Waals surface area contributed by atoms with Gasteiger partial charge in [0.05, 0.1) is 16.4 Å². The Hall–Kier alpha value is -9.71. The van der Waals surface area contributed by atoms with Gasteiger partial charge in [-0.15, -0.1) is 0 Å². The van der Waals surface area contributed by atoms with Crippen LogP contribution in [0.3, 0.4) is 0 Å². The third-order valence-corrected chi connectivity index (χ3v) is 17.6. The Bertz CT molecular complexity index is 4660. The summed E-state index contributed by atoms with van der Waals surface area (Å²) in [6, 6.07) is 80.2. The summed E-state index contributed by atoms with van der Waals surface area (Å²) < 4.78 is 8.82. The summed E-state index contributed by atoms with van der Waals surface area (Å²) in [5, 5.41) is 4.51. The average molecular weight is 997 g/mol. The Morgan fingerprint density at radius 1 is 0.462 bits per heavy atom.